The van der Waals surface area contributed by atoms with Gasteiger partial charge in [-0.1, -0.05) is 24.3 Å². The third-order valence-corrected chi connectivity index (χ3v) is 7.21. The van der Waals surface area contributed by atoms with Crippen molar-refractivity contribution in [2.75, 3.05) is 25.2 Å². The summed E-state index contributed by atoms with van der Waals surface area (Å²) in [7, 11) is 1.56. The number of carbonyl (C=O) groups excluding carboxylic acids is 3. The normalized spacial score (nSPS) is 24.7. The van der Waals surface area contributed by atoms with Crippen LogP contribution in [-0.2, 0) is 14.3 Å². The number of hydrogen-bond acceptors (Lipinski definition) is 7. The van der Waals surface area contributed by atoms with Crippen molar-refractivity contribution in [3.05, 3.63) is 75.8 Å². The summed E-state index contributed by atoms with van der Waals surface area (Å²) in [6.45, 7) is 2.62. The van der Waals surface area contributed by atoms with E-state index in [9.17, 15) is 24.5 Å². The maximum absolute atomic E-state index is 13.9. The van der Waals surface area contributed by atoms with E-state index in [-0.39, 0.29) is 35.4 Å². The number of imide groups is 1. The number of Topliss-reactive ketones (excluding diaryl/α,β-unsaturated/α-hetero) is 1. The highest BCUT2D eigenvalue weighted by Gasteiger charge is 2.64. The minimum atomic E-state index is -0.902. The molecule has 3 aliphatic heterocycles. The Labute approximate surface area is 202 Å². The van der Waals surface area contributed by atoms with Gasteiger partial charge in [-0.3, -0.25) is 29.4 Å². The molecule has 0 aliphatic carbocycles. The molecule has 0 radical (unpaired) electrons. The van der Waals surface area contributed by atoms with Crippen molar-refractivity contribution in [2.45, 2.75) is 25.4 Å². The molecule has 0 spiro atoms. The molecule has 4 atom stereocenters. The van der Waals surface area contributed by atoms with Crippen LogP contribution in [0.5, 0.6) is 0 Å². The molecule has 35 heavy (non-hydrogen) atoms. The van der Waals surface area contributed by atoms with Gasteiger partial charge in [-0.2, -0.15) is 0 Å². The molecule has 180 valence electrons. The molecule has 0 N–H and O–H groups in total. The lowest BCUT2D eigenvalue weighted by molar-refractivity contribution is -0.384. The van der Waals surface area contributed by atoms with Gasteiger partial charge in [0, 0.05) is 49.2 Å². The average molecular weight is 476 g/mol. The largest absolute Gasteiger partial charge is 0.385 e. The first-order valence-electron chi connectivity index (χ1n) is 11.5. The van der Waals surface area contributed by atoms with Gasteiger partial charge in [-0.25, -0.2) is 0 Å². The maximum atomic E-state index is 13.9. The summed E-state index contributed by atoms with van der Waals surface area (Å²) < 4.78 is 5.08. The number of non-ortho nitro benzene ring substituents is 1. The Hall–Kier alpha value is -3.85. The Balaban J connectivity index is 1.59. The number of benzene rings is 2. The number of ether oxygens (including phenoxy) is 1. The van der Waals surface area contributed by atoms with Gasteiger partial charge in [0.15, 0.2) is 5.78 Å². The van der Waals surface area contributed by atoms with Gasteiger partial charge in [-0.05, 0) is 37.1 Å². The van der Waals surface area contributed by atoms with Crippen LogP contribution in [0.25, 0.3) is 5.57 Å². The Morgan fingerprint density at radius 2 is 1.74 bits per heavy atom. The fourth-order valence-electron chi connectivity index (χ4n) is 5.66. The molecule has 0 saturated carbocycles. The molecule has 3 aliphatic rings. The zero-order chi connectivity index (χ0) is 24.9. The quantitative estimate of drug-likeness (QED) is 0.199. The number of amides is 2. The van der Waals surface area contributed by atoms with Crippen molar-refractivity contribution in [2.24, 2.45) is 11.8 Å². The summed E-state index contributed by atoms with van der Waals surface area (Å²) in [4.78, 5) is 54.7. The minimum Gasteiger partial charge on any atom is -0.385 e. The fraction of sp³-hybridized carbons (Fsp3) is 0.346. The number of carbonyl (C=O) groups is 3. The molecule has 9 nitrogen and oxygen atoms in total. The van der Waals surface area contributed by atoms with Crippen LogP contribution in [0.3, 0.4) is 0 Å². The number of hydrogen-bond donors (Lipinski definition) is 0. The first-order chi connectivity index (χ1) is 16.8. The van der Waals surface area contributed by atoms with Crippen LogP contribution in [0, 0.1) is 22.0 Å². The first kappa shape index (κ1) is 22.9. The Kier molecular flexibility index (Phi) is 5.72. The second-order valence-electron chi connectivity index (χ2n) is 9.10. The van der Waals surface area contributed by atoms with Crippen LogP contribution in [0.4, 0.5) is 11.4 Å². The highest BCUT2D eigenvalue weighted by Crippen LogP contribution is 2.50. The minimum absolute atomic E-state index is 0.123. The predicted molar refractivity (Wildman–Crippen MR) is 128 cm³/mol. The molecular formula is C26H25N3O6. The van der Waals surface area contributed by atoms with Gasteiger partial charge >= 0.3 is 0 Å². The molecule has 0 unspecified atom stereocenters. The SMILES string of the molecule is COCCCN1C(=O)[C@@H]2[C@H](C1=O)[C@H]1C=C(C)c3ccccc3N1[C@H]2C(=O)c1ccc([N+](=O)[O-])cc1. The predicted octanol–water partition coefficient (Wildman–Crippen LogP) is 3.09. The zero-order valence-electron chi connectivity index (χ0n) is 19.4. The summed E-state index contributed by atoms with van der Waals surface area (Å²) in [5, 5.41) is 11.1. The van der Waals surface area contributed by atoms with E-state index in [1.165, 1.54) is 29.2 Å². The highest BCUT2D eigenvalue weighted by atomic mass is 16.6. The van der Waals surface area contributed by atoms with E-state index >= 15 is 0 Å². The standard InChI is InChI=1S/C26H25N3O6/c1-15-14-20-21-22(26(32)27(25(21)31)12-5-13-35-2)23(28(20)19-7-4-3-6-18(15)19)24(30)16-8-10-17(11-9-16)29(33)34/h3-4,6-11,14,20-23H,5,12-13H2,1-2H3/t20-,21-,22-,23-/m1/s1. The molecule has 3 heterocycles. The monoisotopic (exact) mass is 475 g/mol. The van der Waals surface area contributed by atoms with Crippen LogP contribution >= 0.6 is 0 Å². The van der Waals surface area contributed by atoms with Crippen molar-refractivity contribution in [3.63, 3.8) is 0 Å². The van der Waals surface area contributed by atoms with Gasteiger partial charge in [0.2, 0.25) is 11.8 Å². The number of likely N-dealkylation sites (tertiary alicyclic amines) is 1. The molecule has 9 heteroatoms. The smallest absolute Gasteiger partial charge is 0.269 e. The lowest BCUT2D eigenvalue weighted by atomic mass is 9.85. The van der Waals surface area contributed by atoms with Crippen molar-refractivity contribution in [1.29, 1.82) is 0 Å². The summed E-state index contributed by atoms with van der Waals surface area (Å²) in [6, 6.07) is 11.7. The van der Waals surface area contributed by atoms with Crippen LogP contribution < -0.4 is 4.90 Å². The zero-order valence-corrected chi connectivity index (χ0v) is 19.4. The van der Waals surface area contributed by atoms with Crippen molar-refractivity contribution >= 4 is 34.5 Å². The molecule has 2 fully saturated rings. The molecule has 2 amide bonds. The number of nitro benzene ring substituents is 1. The van der Waals surface area contributed by atoms with Gasteiger partial charge in [0.1, 0.15) is 6.04 Å². The number of fused-ring (bicyclic) bond motifs is 5. The van der Waals surface area contributed by atoms with Gasteiger partial charge in [-0.15, -0.1) is 0 Å². The lowest BCUT2D eigenvalue weighted by Crippen LogP contribution is -2.49. The Morgan fingerprint density at radius 1 is 1.06 bits per heavy atom. The van der Waals surface area contributed by atoms with E-state index in [1.807, 2.05) is 42.2 Å². The lowest BCUT2D eigenvalue weighted by Gasteiger charge is -2.38. The van der Waals surface area contributed by atoms with Crippen molar-refractivity contribution in [3.8, 4) is 0 Å². The molecule has 0 aromatic heterocycles. The Bertz CT molecular complexity index is 1250. The number of methoxy groups -OCH3 is 1. The van der Waals surface area contributed by atoms with E-state index in [0.717, 1.165) is 16.8 Å². The second-order valence-corrected chi connectivity index (χ2v) is 9.10. The number of nitro groups is 1. The van der Waals surface area contributed by atoms with Crippen LogP contribution in [-0.4, -0.2) is 59.8 Å². The number of anilines is 1. The second kappa shape index (κ2) is 8.74. The molecule has 0 bridgehead atoms. The number of ketones is 1. The van der Waals surface area contributed by atoms with E-state index in [4.69, 9.17) is 4.74 Å². The van der Waals surface area contributed by atoms with E-state index in [2.05, 4.69) is 0 Å². The van der Waals surface area contributed by atoms with Crippen LogP contribution in [0.15, 0.2) is 54.6 Å². The van der Waals surface area contributed by atoms with E-state index in [1.54, 1.807) is 7.11 Å². The van der Waals surface area contributed by atoms with Crippen LogP contribution in [0.1, 0.15) is 29.3 Å². The van der Waals surface area contributed by atoms with Gasteiger partial charge in [0.05, 0.1) is 22.8 Å². The highest BCUT2D eigenvalue weighted by molar-refractivity contribution is 6.14. The maximum Gasteiger partial charge on any atom is 0.269 e. The van der Waals surface area contributed by atoms with E-state index < -0.39 is 28.8 Å². The average Bonchev–Trinajstić information content (AvgIpc) is 3.32. The topological polar surface area (TPSA) is 110 Å². The van der Waals surface area contributed by atoms with Crippen LogP contribution in [0.2, 0.25) is 0 Å². The van der Waals surface area contributed by atoms with Gasteiger partial charge < -0.3 is 9.64 Å². The molecule has 2 aromatic rings. The number of nitrogens with zero attached hydrogens (tertiary/aromatic N) is 3. The summed E-state index contributed by atoms with van der Waals surface area (Å²) in [6.07, 6.45) is 2.49. The number of allylic oxidation sites excluding steroid dienone is 1. The number of para-hydroxylation sites is 1. The van der Waals surface area contributed by atoms with Crippen molar-refractivity contribution < 1.29 is 24.0 Å². The number of rotatable bonds is 7. The third-order valence-electron chi connectivity index (χ3n) is 7.21. The molecule has 2 aromatic carbocycles. The van der Waals surface area contributed by atoms with Gasteiger partial charge in [0.25, 0.3) is 5.69 Å². The fourth-order valence-corrected chi connectivity index (χ4v) is 5.66. The summed E-state index contributed by atoms with van der Waals surface area (Å²) >= 11 is 0. The molecule has 2 saturated heterocycles. The van der Waals surface area contributed by atoms with Crippen molar-refractivity contribution in [1.82, 2.24) is 4.90 Å². The van der Waals surface area contributed by atoms with E-state index in [0.29, 0.717) is 13.0 Å². The first-order valence-corrected chi connectivity index (χ1v) is 11.5. The molecular weight excluding hydrogens is 450 g/mol. The molecule has 5 rings (SSSR count). The summed E-state index contributed by atoms with van der Waals surface area (Å²) in [5.41, 5.74) is 2.88. The third kappa shape index (κ3) is 3.54. The Morgan fingerprint density at radius 3 is 2.43 bits per heavy atom. The summed E-state index contributed by atoms with van der Waals surface area (Å²) in [5.74, 6) is -2.48.